The zero-order valence-electron chi connectivity index (χ0n) is 9.66. The first kappa shape index (κ1) is 13.8. The van der Waals surface area contributed by atoms with Gasteiger partial charge in [-0.05, 0) is 23.8 Å². The summed E-state index contributed by atoms with van der Waals surface area (Å²) in [5.41, 5.74) is 1.03. The van der Waals surface area contributed by atoms with Gasteiger partial charge in [0.25, 0.3) is 5.91 Å². The molecule has 98 valence electrons. The zero-order valence-corrected chi connectivity index (χ0v) is 11.2. The number of pyridine rings is 1. The van der Waals surface area contributed by atoms with Crippen LogP contribution in [0.3, 0.4) is 0 Å². The first-order valence-electron chi connectivity index (χ1n) is 5.40. The predicted molar refractivity (Wildman–Crippen MR) is 71.8 cm³/mol. The summed E-state index contributed by atoms with van der Waals surface area (Å²) < 4.78 is 12.7. The van der Waals surface area contributed by atoms with Crippen LogP contribution >= 0.6 is 23.2 Å². The monoisotopic (exact) mass is 298 g/mol. The predicted octanol–water partition coefficient (Wildman–Crippen LogP) is 3.46. The van der Waals surface area contributed by atoms with Crippen molar-refractivity contribution in [3.63, 3.8) is 0 Å². The average Bonchev–Trinajstić information content (AvgIpc) is 2.37. The van der Waals surface area contributed by atoms with Gasteiger partial charge in [-0.15, -0.1) is 0 Å². The quantitative estimate of drug-likeness (QED) is 0.882. The molecule has 0 aliphatic carbocycles. The van der Waals surface area contributed by atoms with Gasteiger partial charge in [0.05, 0.1) is 10.6 Å². The number of aromatic nitrogens is 1. The lowest BCUT2D eigenvalue weighted by Crippen LogP contribution is -2.23. The number of nitrogens with zero attached hydrogens (tertiary/aromatic N) is 1. The van der Waals surface area contributed by atoms with Gasteiger partial charge in [0.1, 0.15) is 11.0 Å². The van der Waals surface area contributed by atoms with Crippen LogP contribution in [-0.2, 0) is 6.54 Å². The van der Waals surface area contributed by atoms with Crippen molar-refractivity contribution in [1.82, 2.24) is 10.3 Å². The smallest absolute Gasteiger partial charge is 0.254 e. The molecule has 1 N–H and O–H groups in total. The molecule has 0 spiro atoms. The highest BCUT2D eigenvalue weighted by Crippen LogP contribution is 2.18. The van der Waals surface area contributed by atoms with Crippen LogP contribution in [0.2, 0.25) is 10.2 Å². The SMILES string of the molecule is O=C(NCc1ccc(F)cc1)c1cnc(Cl)cc1Cl. The van der Waals surface area contributed by atoms with E-state index in [1.807, 2.05) is 0 Å². The second-order valence-corrected chi connectivity index (χ2v) is 4.59. The minimum absolute atomic E-state index is 0.222. The van der Waals surface area contributed by atoms with E-state index in [0.717, 1.165) is 5.56 Å². The van der Waals surface area contributed by atoms with Crippen molar-refractivity contribution in [1.29, 1.82) is 0 Å². The van der Waals surface area contributed by atoms with Crippen LogP contribution in [0.5, 0.6) is 0 Å². The van der Waals surface area contributed by atoms with Crippen LogP contribution in [0.1, 0.15) is 15.9 Å². The number of nitrogens with one attached hydrogen (secondary N) is 1. The lowest BCUT2D eigenvalue weighted by molar-refractivity contribution is 0.0950. The summed E-state index contributed by atoms with van der Waals surface area (Å²) in [5.74, 6) is -0.682. The van der Waals surface area contributed by atoms with E-state index in [9.17, 15) is 9.18 Å². The Balaban J connectivity index is 2.03. The van der Waals surface area contributed by atoms with Crippen molar-refractivity contribution in [3.8, 4) is 0 Å². The third-order valence-corrected chi connectivity index (χ3v) is 2.95. The van der Waals surface area contributed by atoms with Crippen LogP contribution in [-0.4, -0.2) is 10.9 Å². The van der Waals surface area contributed by atoms with Gasteiger partial charge >= 0.3 is 0 Å². The van der Waals surface area contributed by atoms with Crippen LogP contribution < -0.4 is 5.32 Å². The van der Waals surface area contributed by atoms with Gasteiger partial charge in [-0.1, -0.05) is 35.3 Å². The number of halogens is 3. The summed E-state index contributed by atoms with van der Waals surface area (Å²) in [6.07, 6.45) is 1.31. The van der Waals surface area contributed by atoms with Crippen molar-refractivity contribution in [2.75, 3.05) is 0 Å². The molecule has 3 nitrogen and oxygen atoms in total. The number of hydrogen-bond donors (Lipinski definition) is 1. The summed E-state index contributed by atoms with van der Waals surface area (Å²) in [6, 6.07) is 7.25. The molecular formula is C13H9Cl2FN2O. The molecule has 1 amide bonds. The Labute approximate surface area is 119 Å². The normalized spacial score (nSPS) is 10.3. The Kier molecular flexibility index (Phi) is 4.35. The Bertz CT molecular complexity index is 602. The fraction of sp³-hybridized carbons (Fsp3) is 0.0769. The van der Waals surface area contributed by atoms with E-state index in [2.05, 4.69) is 10.3 Å². The second-order valence-electron chi connectivity index (χ2n) is 3.80. The first-order chi connectivity index (χ1) is 9.06. The highest BCUT2D eigenvalue weighted by molar-refractivity contribution is 6.36. The van der Waals surface area contributed by atoms with Gasteiger partial charge in [-0.2, -0.15) is 0 Å². The maximum Gasteiger partial charge on any atom is 0.254 e. The fourth-order valence-electron chi connectivity index (χ4n) is 1.45. The van der Waals surface area contributed by atoms with E-state index in [1.54, 1.807) is 12.1 Å². The minimum Gasteiger partial charge on any atom is -0.348 e. The van der Waals surface area contributed by atoms with E-state index < -0.39 is 0 Å². The van der Waals surface area contributed by atoms with Gasteiger partial charge in [-0.3, -0.25) is 4.79 Å². The summed E-state index contributed by atoms with van der Waals surface area (Å²) in [4.78, 5) is 15.7. The number of amides is 1. The van der Waals surface area contributed by atoms with Gasteiger partial charge in [-0.25, -0.2) is 9.37 Å². The molecule has 0 unspecified atom stereocenters. The van der Waals surface area contributed by atoms with E-state index in [4.69, 9.17) is 23.2 Å². The molecule has 2 rings (SSSR count). The van der Waals surface area contributed by atoms with Gasteiger partial charge in [0.2, 0.25) is 0 Å². The van der Waals surface area contributed by atoms with Gasteiger partial charge < -0.3 is 5.32 Å². The fourth-order valence-corrected chi connectivity index (χ4v) is 1.91. The van der Waals surface area contributed by atoms with Crippen LogP contribution in [0, 0.1) is 5.82 Å². The molecule has 0 radical (unpaired) electrons. The van der Waals surface area contributed by atoms with Crippen molar-refractivity contribution in [2.45, 2.75) is 6.54 Å². The van der Waals surface area contributed by atoms with Crippen molar-refractivity contribution >= 4 is 29.1 Å². The van der Waals surface area contributed by atoms with Crippen LogP contribution in [0.4, 0.5) is 4.39 Å². The zero-order chi connectivity index (χ0) is 13.8. The maximum absolute atomic E-state index is 12.7. The van der Waals surface area contributed by atoms with E-state index in [-0.39, 0.29) is 34.0 Å². The number of carbonyl (C=O) groups is 1. The molecule has 0 aliphatic heterocycles. The van der Waals surface area contributed by atoms with E-state index in [1.165, 1.54) is 24.4 Å². The molecule has 0 atom stereocenters. The standard InChI is InChI=1S/C13H9Cl2FN2O/c14-11-5-12(15)17-7-10(11)13(19)18-6-8-1-3-9(16)4-2-8/h1-5,7H,6H2,(H,18,19). The molecule has 0 fully saturated rings. The van der Waals surface area contributed by atoms with Crippen molar-refractivity contribution in [3.05, 3.63) is 63.6 Å². The topological polar surface area (TPSA) is 42.0 Å². The van der Waals surface area contributed by atoms with Gasteiger partial charge in [0.15, 0.2) is 0 Å². The number of carbonyl (C=O) groups excluding carboxylic acids is 1. The third-order valence-electron chi connectivity index (χ3n) is 2.43. The largest absolute Gasteiger partial charge is 0.348 e. The summed E-state index contributed by atoms with van der Waals surface area (Å²) >= 11 is 11.5. The Hall–Kier alpha value is -1.65. The van der Waals surface area contributed by atoms with E-state index in [0.29, 0.717) is 0 Å². The molecule has 0 saturated carbocycles. The molecule has 0 bridgehead atoms. The molecule has 19 heavy (non-hydrogen) atoms. The minimum atomic E-state index is -0.363. The van der Waals surface area contributed by atoms with Crippen molar-refractivity contribution in [2.24, 2.45) is 0 Å². The molecule has 2 aromatic rings. The molecular weight excluding hydrogens is 290 g/mol. The summed E-state index contributed by atoms with van der Waals surface area (Å²) in [5, 5.41) is 3.12. The Morgan fingerprint density at radius 3 is 2.58 bits per heavy atom. The van der Waals surface area contributed by atoms with Crippen LogP contribution in [0.15, 0.2) is 36.5 Å². The Morgan fingerprint density at radius 1 is 1.26 bits per heavy atom. The van der Waals surface area contributed by atoms with Crippen molar-refractivity contribution < 1.29 is 9.18 Å². The summed E-state index contributed by atoms with van der Waals surface area (Å²) in [6.45, 7) is 0.276. The molecule has 6 heteroatoms. The number of rotatable bonds is 3. The van der Waals surface area contributed by atoms with E-state index >= 15 is 0 Å². The number of hydrogen-bond acceptors (Lipinski definition) is 2. The third kappa shape index (κ3) is 3.66. The second kappa shape index (κ2) is 5.99. The first-order valence-corrected chi connectivity index (χ1v) is 6.15. The lowest BCUT2D eigenvalue weighted by atomic mass is 10.2. The molecule has 1 aromatic heterocycles. The Morgan fingerprint density at radius 2 is 1.95 bits per heavy atom. The number of benzene rings is 1. The maximum atomic E-state index is 12.7. The average molecular weight is 299 g/mol. The van der Waals surface area contributed by atoms with Gasteiger partial charge in [0, 0.05) is 12.7 Å². The van der Waals surface area contributed by atoms with Crippen LogP contribution in [0.25, 0.3) is 0 Å². The molecule has 1 heterocycles. The molecule has 0 aliphatic rings. The molecule has 1 aromatic carbocycles. The molecule has 0 saturated heterocycles. The highest BCUT2D eigenvalue weighted by atomic mass is 35.5. The summed E-state index contributed by atoms with van der Waals surface area (Å²) in [7, 11) is 0. The lowest BCUT2D eigenvalue weighted by Gasteiger charge is -2.06. The highest BCUT2D eigenvalue weighted by Gasteiger charge is 2.11.